The molecule has 1 fully saturated rings. The molecule has 0 heterocycles. The average molecular weight is 180 g/mol. The van der Waals surface area contributed by atoms with Crippen molar-refractivity contribution in [3.05, 3.63) is 0 Å². The van der Waals surface area contributed by atoms with Gasteiger partial charge in [0.1, 0.15) is 0 Å². The van der Waals surface area contributed by atoms with Crippen LogP contribution in [0.5, 0.6) is 0 Å². The Hall–Kier alpha value is -1.01. The Morgan fingerprint density at radius 2 is 2.31 bits per heavy atom. The fourth-order valence-electron chi connectivity index (χ4n) is 1.55. The van der Waals surface area contributed by atoms with Gasteiger partial charge >= 0.3 is 0 Å². The van der Waals surface area contributed by atoms with Crippen LogP contribution in [0.3, 0.4) is 0 Å². The van der Waals surface area contributed by atoms with Crippen LogP contribution < -0.4 is 10.6 Å². The number of nitrogens with one attached hydrogen (secondary N) is 2. The molecule has 0 bridgehead atoms. The highest BCUT2D eigenvalue weighted by Gasteiger charge is 2.26. The van der Waals surface area contributed by atoms with Crippen molar-refractivity contribution in [3.8, 4) is 12.3 Å². The molecule has 0 atom stereocenters. The molecule has 0 aromatic carbocycles. The Balaban J connectivity index is 2.02. The Kier molecular flexibility index (Phi) is 3.78. The fraction of sp³-hybridized carbons (Fsp3) is 0.700. The second-order valence-electron chi connectivity index (χ2n) is 3.65. The topological polar surface area (TPSA) is 41.1 Å². The van der Waals surface area contributed by atoms with Gasteiger partial charge in [0.15, 0.2) is 0 Å². The van der Waals surface area contributed by atoms with E-state index in [2.05, 4.69) is 23.5 Å². The molecule has 0 aromatic rings. The Morgan fingerprint density at radius 3 is 2.85 bits per heavy atom. The van der Waals surface area contributed by atoms with Crippen LogP contribution in [-0.4, -0.2) is 25.0 Å². The summed E-state index contributed by atoms with van der Waals surface area (Å²) >= 11 is 0. The minimum absolute atomic E-state index is 0.0483. The van der Waals surface area contributed by atoms with E-state index < -0.39 is 0 Å². The molecule has 0 aromatic heterocycles. The summed E-state index contributed by atoms with van der Waals surface area (Å²) in [4.78, 5) is 11.2. The number of hydrogen-bond acceptors (Lipinski definition) is 2. The van der Waals surface area contributed by atoms with Crippen LogP contribution in [0.15, 0.2) is 0 Å². The van der Waals surface area contributed by atoms with E-state index in [1.807, 2.05) is 0 Å². The predicted molar refractivity (Wildman–Crippen MR) is 52.0 cm³/mol. The summed E-state index contributed by atoms with van der Waals surface area (Å²) < 4.78 is 0. The molecule has 3 heteroatoms. The maximum atomic E-state index is 11.2. The highest BCUT2D eigenvalue weighted by Crippen LogP contribution is 2.25. The number of rotatable bonds is 4. The maximum absolute atomic E-state index is 11.2. The monoisotopic (exact) mass is 180 g/mol. The van der Waals surface area contributed by atoms with Crippen molar-refractivity contribution in [2.45, 2.75) is 25.8 Å². The SMILES string of the molecule is C#CCNCC(=O)NC1CC(C)C1. The third-order valence-corrected chi connectivity index (χ3v) is 2.25. The fourth-order valence-corrected chi connectivity index (χ4v) is 1.55. The van der Waals surface area contributed by atoms with Crippen molar-refractivity contribution in [3.63, 3.8) is 0 Å². The second-order valence-corrected chi connectivity index (χ2v) is 3.65. The van der Waals surface area contributed by atoms with Crippen LogP contribution in [0.25, 0.3) is 0 Å². The van der Waals surface area contributed by atoms with E-state index in [0.717, 1.165) is 18.8 Å². The first-order chi connectivity index (χ1) is 6.22. The van der Waals surface area contributed by atoms with Crippen LogP contribution in [0, 0.1) is 18.3 Å². The van der Waals surface area contributed by atoms with Crippen LogP contribution in [0.1, 0.15) is 19.8 Å². The van der Waals surface area contributed by atoms with Gasteiger partial charge in [-0.25, -0.2) is 0 Å². The highest BCUT2D eigenvalue weighted by molar-refractivity contribution is 5.78. The third-order valence-electron chi connectivity index (χ3n) is 2.25. The summed E-state index contributed by atoms with van der Waals surface area (Å²) in [7, 11) is 0. The summed E-state index contributed by atoms with van der Waals surface area (Å²) in [5.41, 5.74) is 0. The van der Waals surface area contributed by atoms with Gasteiger partial charge in [-0.2, -0.15) is 0 Å². The normalized spacial score (nSPS) is 25.8. The van der Waals surface area contributed by atoms with Gasteiger partial charge in [-0.3, -0.25) is 10.1 Å². The van der Waals surface area contributed by atoms with Crippen molar-refractivity contribution < 1.29 is 4.79 Å². The van der Waals surface area contributed by atoms with Crippen molar-refractivity contribution in [1.82, 2.24) is 10.6 Å². The van der Waals surface area contributed by atoms with Crippen molar-refractivity contribution in [1.29, 1.82) is 0 Å². The first-order valence-corrected chi connectivity index (χ1v) is 4.66. The van der Waals surface area contributed by atoms with Gasteiger partial charge in [0, 0.05) is 6.04 Å². The molecule has 0 radical (unpaired) electrons. The lowest BCUT2D eigenvalue weighted by Crippen LogP contribution is -2.46. The summed E-state index contributed by atoms with van der Waals surface area (Å²) in [6.45, 7) is 2.98. The van der Waals surface area contributed by atoms with Gasteiger partial charge in [0.05, 0.1) is 13.1 Å². The van der Waals surface area contributed by atoms with E-state index in [0.29, 0.717) is 19.1 Å². The van der Waals surface area contributed by atoms with E-state index >= 15 is 0 Å². The first kappa shape index (κ1) is 10.1. The van der Waals surface area contributed by atoms with Gasteiger partial charge < -0.3 is 5.32 Å². The molecule has 1 aliphatic rings. The summed E-state index contributed by atoms with van der Waals surface area (Å²) in [5, 5.41) is 5.79. The number of carbonyl (C=O) groups is 1. The van der Waals surface area contributed by atoms with Crippen LogP contribution in [0.4, 0.5) is 0 Å². The standard InChI is InChI=1S/C10H16N2O/c1-3-4-11-7-10(13)12-9-5-8(2)6-9/h1,8-9,11H,4-7H2,2H3,(H,12,13). The van der Waals surface area contributed by atoms with Gasteiger partial charge in [0.25, 0.3) is 0 Å². The molecule has 3 nitrogen and oxygen atoms in total. The van der Waals surface area contributed by atoms with Gasteiger partial charge in [0.2, 0.25) is 5.91 Å². The molecule has 1 aliphatic carbocycles. The van der Waals surface area contributed by atoms with Crippen LogP contribution in [0.2, 0.25) is 0 Å². The molecular formula is C10H16N2O. The van der Waals surface area contributed by atoms with Crippen molar-refractivity contribution in [2.24, 2.45) is 5.92 Å². The number of terminal acetylenes is 1. The van der Waals surface area contributed by atoms with Crippen molar-refractivity contribution in [2.75, 3.05) is 13.1 Å². The molecule has 13 heavy (non-hydrogen) atoms. The quantitative estimate of drug-likeness (QED) is 0.477. The molecule has 0 spiro atoms. The van der Waals surface area contributed by atoms with Gasteiger partial charge in [-0.15, -0.1) is 6.42 Å². The number of hydrogen-bond donors (Lipinski definition) is 2. The number of amides is 1. The molecule has 0 unspecified atom stereocenters. The lowest BCUT2D eigenvalue weighted by Gasteiger charge is -2.33. The Bertz CT molecular complexity index is 213. The Morgan fingerprint density at radius 1 is 1.62 bits per heavy atom. The second kappa shape index (κ2) is 4.88. The zero-order chi connectivity index (χ0) is 9.68. The van der Waals surface area contributed by atoms with Crippen LogP contribution >= 0.6 is 0 Å². The van der Waals surface area contributed by atoms with Crippen molar-refractivity contribution >= 4 is 5.91 Å². The molecule has 1 amide bonds. The predicted octanol–water partition coefficient (Wildman–Crippen LogP) is 0.124. The van der Waals surface area contributed by atoms with E-state index in [1.165, 1.54) is 0 Å². The zero-order valence-electron chi connectivity index (χ0n) is 7.97. The van der Waals surface area contributed by atoms with E-state index in [9.17, 15) is 4.79 Å². The van der Waals surface area contributed by atoms with E-state index in [4.69, 9.17) is 6.42 Å². The molecule has 1 saturated carbocycles. The molecule has 0 aliphatic heterocycles. The van der Waals surface area contributed by atoms with E-state index in [-0.39, 0.29) is 5.91 Å². The van der Waals surface area contributed by atoms with E-state index in [1.54, 1.807) is 0 Å². The number of carbonyl (C=O) groups excluding carboxylic acids is 1. The summed E-state index contributed by atoms with van der Waals surface area (Å²) in [6, 6.07) is 0.398. The smallest absolute Gasteiger partial charge is 0.234 e. The highest BCUT2D eigenvalue weighted by atomic mass is 16.1. The lowest BCUT2D eigenvalue weighted by atomic mass is 9.82. The third kappa shape index (κ3) is 3.47. The van der Waals surface area contributed by atoms with Crippen LogP contribution in [-0.2, 0) is 4.79 Å². The Labute approximate surface area is 79.3 Å². The molecular weight excluding hydrogens is 164 g/mol. The minimum Gasteiger partial charge on any atom is -0.352 e. The molecule has 2 N–H and O–H groups in total. The first-order valence-electron chi connectivity index (χ1n) is 4.66. The molecule has 1 rings (SSSR count). The summed E-state index contributed by atoms with van der Waals surface area (Å²) in [6.07, 6.45) is 7.25. The average Bonchev–Trinajstić information content (AvgIpc) is 2.02. The largest absolute Gasteiger partial charge is 0.352 e. The zero-order valence-corrected chi connectivity index (χ0v) is 7.97. The lowest BCUT2D eigenvalue weighted by molar-refractivity contribution is -0.121. The summed E-state index contributed by atoms with van der Waals surface area (Å²) in [5.74, 6) is 3.24. The van der Waals surface area contributed by atoms with Gasteiger partial charge in [-0.05, 0) is 18.8 Å². The molecule has 0 saturated heterocycles. The molecule has 72 valence electrons. The minimum atomic E-state index is 0.0483. The maximum Gasteiger partial charge on any atom is 0.234 e. The van der Waals surface area contributed by atoms with Gasteiger partial charge in [-0.1, -0.05) is 12.8 Å².